The largest absolute Gasteiger partial charge is 0.467 e. The molecule has 0 spiro atoms. The first kappa shape index (κ1) is 18.9. The Balaban J connectivity index is 1.80. The highest BCUT2D eigenvalue weighted by Gasteiger charge is 2.23. The summed E-state index contributed by atoms with van der Waals surface area (Å²) in [5, 5.41) is 0.671. The number of rotatable bonds is 5. The maximum Gasteiger partial charge on any atom is 0.260 e. The minimum absolute atomic E-state index is 0.108. The van der Waals surface area contributed by atoms with Gasteiger partial charge in [0, 0.05) is 10.0 Å². The minimum Gasteiger partial charge on any atom is -0.467 e. The van der Waals surface area contributed by atoms with Crippen molar-refractivity contribution in [2.45, 2.75) is 26.3 Å². The number of carbonyl (C=O) groups is 1. The Morgan fingerprint density at radius 1 is 1.18 bits per heavy atom. The van der Waals surface area contributed by atoms with Crippen LogP contribution in [0.25, 0.3) is 10.2 Å². The van der Waals surface area contributed by atoms with Gasteiger partial charge in [-0.05, 0) is 47.9 Å². The lowest BCUT2D eigenvalue weighted by molar-refractivity contribution is 0.0983. The van der Waals surface area contributed by atoms with E-state index < -0.39 is 0 Å². The fourth-order valence-corrected chi connectivity index (χ4v) is 4.50. The molecule has 142 valence electrons. The van der Waals surface area contributed by atoms with Gasteiger partial charge in [-0.2, -0.15) is 0 Å². The highest BCUT2D eigenvalue weighted by atomic mass is 79.9. The molecule has 0 radical (unpaired) electrons. The number of thiazole rings is 1. The maximum atomic E-state index is 13.3. The average molecular weight is 455 g/mol. The molecule has 4 nitrogen and oxygen atoms in total. The monoisotopic (exact) mass is 454 g/mol. The number of halogens is 1. The summed E-state index contributed by atoms with van der Waals surface area (Å²) in [5.74, 6) is 0.965. The standard InChI is InChI=1S/C22H19BrN2O2S/c1-14(2)18-9-4-10-19-20(18)24-22(28-19)25(13-17-8-5-11-27-17)21(26)15-6-3-7-16(23)12-15/h3-12,14H,13H2,1-2H3. The zero-order valence-corrected chi connectivity index (χ0v) is 18.0. The number of carbonyl (C=O) groups excluding carboxylic acids is 1. The Labute approximate surface area is 175 Å². The van der Waals surface area contributed by atoms with E-state index in [-0.39, 0.29) is 5.91 Å². The first-order chi connectivity index (χ1) is 13.5. The number of para-hydroxylation sites is 1. The van der Waals surface area contributed by atoms with E-state index in [0.29, 0.717) is 28.9 Å². The fourth-order valence-electron chi connectivity index (χ4n) is 3.10. The molecule has 0 unspecified atom stereocenters. The van der Waals surface area contributed by atoms with Gasteiger partial charge in [-0.15, -0.1) is 0 Å². The molecule has 0 saturated carbocycles. The van der Waals surface area contributed by atoms with Gasteiger partial charge in [0.2, 0.25) is 0 Å². The predicted octanol–water partition coefficient (Wildman–Crippen LogP) is 6.62. The summed E-state index contributed by atoms with van der Waals surface area (Å²) in [6.45, 7) is 4.64. The van der Waals surface area contributed by atoms with Crippen LogP contribution in [-0.4, -0.2) is 10.9 Å². The molecule has 0 aliphatic rings. The van der Waals surface area contributed by atoms with Gasteiger partial charge in [0.15, 0.2) is 5.13 Å². The van der Waals surface area contributed by atoms with Crippen LogP contribution >= 0.6 is 27.3 Å². The second-order valence-corrected chi connectivity index (χ2v) is 8.75. The van der Waals surface area contributed by atoms with Crippen molar-refractivity contribution in [2.24, 2.45) is 0 Å². The topological polar surface area (TPSA) is 46.3 Å². The second kappa shape index (κ2) is 7.89. The van der Waals surface area contributed by atoms with Gasteiger partial charge < -0.3 is 4.42 Å². The molecule has 0 bridgehead atoms. The Morgan fingerprint density at radius 3 is 2.71 bits per heavy atom. The molecular weight excluding hydrogens is 436 g/mol. The summed E-state index contributed by atoms with van der Waals surface area (Å²) in [6.07, 6.45) is 1.62. The van der Waals surface area contributed by atoms with Crippen LogP contribution in [0.5, 0.6) is 0 Å². The molecule has 0 aliphatic heterocycles. The lowest BCUT2D eigenvalue weighted by atomic mass is 10.0. The summed E-state index contributed by atoms with van der Waals surface area (Å²) < 4.78 is 7.45. The molecule has 0 fully saturated rings. The SMILES string of the molecule is CC(C)c1cccc2sc(N(Cc3ccco3)C(=O)c3cccc(Br)c3)nc12. The van der Waals surface area contributed by atoms with E-state index in [1.165, 1.54) is 16.9 Å². The highest BCUT2D eigenvalue weighted by Crippen LogP contribution is 2.35. The van der Waals surface area contributed by atoms with Crippen LogP contribution in [-0.2, 0) is 6.54 Å². The summed E-state index contributed by atoms with van der Waals surface area (Å²) in [5.41, 5.74) is 2.75. The number of anilines is 1. The van der Waals surface area contributed by atoms with E-state index in [9.17, 15) is 4.79 Å². The van der Waals surface area contributed by atoms with Crippen LogP contribution in [0.3, 0.4) is 0 Å². The third-order valence-electron chi connectivity index (χ3n) is 4.50. The number of amides is 1. The predicted molar refractivity (Wildman–Crippen MR) is 117 cm³/mol. The molecule has 4 aromatic rings. The third kappa shape index (κ3) is 3.75. The summed E-state index contributed by atoms with van der Waals surface area (Å²) in [6, 6.07) is 17.3. The van der Waals surface area contributed by atoms with E-state index in [0.717, 1.165) is 14.7 Å². The smallest absolute Gasteiger partial charge is 0.260 e. The Morgan fingerprint density at radius 2 is 2.00 bits per heavy atom. The van der Waals surface area contributed by atoms with Crippen molar-refractivity contribution < 1.29 is 9.21 Å². The van der Waals surface area contributed by atoms with Crippen molar-refractivity contribution in [1.29, 1.82) is 0 Å². The van der Waals surface area contributed by atoms with E-state index in [1.807, 2.05) is 42.5 Å². The van der Waals surface area contributed by atoms with Crippen molar-refractivity contribution in [1.82, 2.24) is 4.98 Å². The molecule has 2 aromatic heterocycles. The maximum absolute atomic E-state index is 13.3. The van der Waals surface area contributed by atoms with Crippen LogP contribution in [0.15, 0.2) is 69.8 Å². The number of hydrogen-bond acceptors (Lipinski definition) is 4. The number of nitrogens with zero attached hydrogens (tertiary/aromatic N) is 2. The number of furan rings is 1. The third-order valence-corrected chi connectivity index (χ3v) is 6.04. The second-order valence-electron chi connectivity index (χ2n) is 6.83. The molecule has 28 heavy (non-hydrogen) atoms. The number of fused-ring (bicyclic) bond motifs is 1. The summed E-state index contributed by atoms with van der Waals surface area (Å²) in [7, 11) is 0. The van der Waals surface area contributed by atoms with Gasteiger partial charge in [-0.1, -0.05) is 59.3 Å². The van der Waals surface area contributed by atoms with Gasteiger partial charge in [-0.3, -0.25) is 9.69 Å². The Hall–Kier alpha value is -2.44. The quantitative estimate of drug-likeness (QED) is 0.340. The lowest BCUT2D eigenvalue weighted by Crippen LogP contribution is -2.30. The first-order valence-electron chi connectivity index (χ1n) is 9.02. The molecule has 0 aliphatic carbocycles. The average Bonchev–Trinajstić information content (AvgIpc) is 3.34. The van der Waals surface area contributed by atoms with Gasteiger partial charge >= 0.3 is 0 Å². The molecule has 0 N–H and O–H groups in total. The van der Waals surface area contributed by atoms with E-state index in [1.54, 1.807) is 11.2 Å². The van der Waals surface area contributed by atoms with Crippen molar-refractivity contribution in [3.63, 3.8) is 0 Å². The fraction of sp³-hybridized carbons (Fsp3) is 0.182. The van der Waals surface area contributed by atoms with Crippen molar-refractivity contribution >= 4 is 48.5 Å². The summed E-state index contributed by atoms with van der Waals surface area (Å²) >= 11 is 4.97. The zero-order valence-electron chi connectivity index (χ0n) is 15.6. The van der Waals surface area contributed by atoms with Crippen LogP contribution in [0.1, 0.15) is 41.4 Å². The molecule has 2 heterocycles. The number of benzene rings is 2. The molecule has 0 atom stereocenters. The van der Waals surface area contributed by atoms with E-state index in [2.05, 4.69) is 41.9 Å². The van der Waals surface area contributed by atoms with Crippen LogP contribution < -0.4 is 4.90 Å². The van der Waals surface area contributed by atoms with Crippen LogP contribution in [0.2, 0.25) is 0 Å². The highest BCUT2D eigenvalue weighted by molar-refractivity contribution is 9.10. The normalized spacial score (nSPS) is 11.3. The van der Waals surface area contributed by atoms with Crippen LogP contribution in [0.4, 0.5) is 5.13 Å². The lowest BCUT2D eigenvalue weighted by Gasteiger charge is -2.19. The van der Waals surface area contributed by atoms with Crippen molar-refractivity contribution in [3.8, 4) is 0 Å². The van der Waals surface area contributed by atoms with Crippen molar-refractivity contribution in [3.05, 3.63) is 82.2 Å². The molecular formula is C22H19BrN2O2S. The van der Waals surface area contributed by atoms with Crippen molar-refractivity contribution in [2.75, 3.05) is 4.90 Å². The Kier molecular flexibility index (Phi) is 5.33. The number of hydrogen-bond donors (Lipinski definition) is 0. The Bertz CT molecular complexity index is 1120. The molecule has 4 rings (SSSR count). The summed E-state index contributed by atoms with van der Waals surface area (Å²) in [4.78, 5) is 19.9. The molecule has 0 saturated heterocycles. The number of aromatic nitrogens is 1. The minimum atomic E-state index is -0.108. The first-order valence-corrected chi connectivity index (χ1v) is 10.6. The van der Waals surface area contributed by atoms with Gasteiger partial charge in [0.05, 0.1) is 23.0 Å². The van der Waals surface area contributed by atoms with Gasteiger partial charge in [0.25, 0.3) is 5.91 Å². The van der Waals surface area contributed by atoms with E-state index >= 15 is 0 Å². The van der Waals surface area contributed by atoms with Gasteiger partial charge in [-0.25, -0.2) is 4.98 Å². The zero-order chi connectivity index (χ0) is 19.7. The molecule has 2 aromatic carbocycles. The van der Waals surface area contributed by atoms with Gasteiger partial charge in [0.1, 0.15) is 5.76 Å². The molecule has 1 amide bonds. The van der Waals surface area contributed by atoms with Crippen LogP contribution in [0, 0.1) is 0 Å². The molecule has 6 heteroatoms. The van der Waals surface area contributed by atoms with E-state index in [4.69, 9.17) is 9.40 Å².